The number of anilines is 1. The van der Waals surface area contributed by atoms with Gasteiger partial charge in [-0.05, 0) is 12.1 Å². The topological polar surface area (TPSA) is 83.1 Å². The summed E-state index contributed by atoms with van der Waals surface area (Å²) in [6, 6.07) is 15.4. The van der Waals surface area contributed by atoms with Crippen molar-refractivity contribution in [3.63, 3.8) is 0 Å². The molecule has 1 aliphatic rings. The van der Waals surface area contributed by atoms with Gasteiger partial charge in [0.2, 0.25) is 0 Å². The lowest BCUT2D eigenvalue weighted by molar-refractivity contribution is 0.0945. The molecule has 7 nitrogen and oxygen atoms in total. The van der Waals surface area contributed by atoms with Crippen molar-refractivity contribution in [1.29, 1.82) is 0 Å². The van der Waals surface area contributed by atoms with Gasteiger partial charge in [0.1, 0.15) is 11.5 Å². The summed E-state index contributed by atoms with van der Waals surface area (Å²) in [5, 5.41) is 10.00. The Labute approximate surface area is 157 Å². The second-order valence-electron chi connectivity index (χ2n) is 6.30. The standard InChI is InChI=1S/C20H21N5O2/c26-20(18-13-17(23-24-18)15-5-2-1-3-6-15)22-14-16-7-4-8-21-19(16)25-9-11-27-12-10-25/h1-8,13H,9-12,14H2,(H,22,26)(H,23,24). The highest BCUT2D eigenvalue weighted by Crippen LogP contribution is 2.19. The Morgan fingerprint density at radius 2 is 1.96 bits per heavy atom. The van der Waals surface area contributed by atoms with E-state index in [-0.39, 0.29) is 5.91 Å². The molecule has 0 radical (unpaired) electrons. The molecule has 0 spiro atoms. The molecular formula is C20H21N5O2. The smallest absolute Gasteiger partial charge is 0.269 e. The Hall–Kier alpha value is -3.19. The van der Waals surface area contributed by atoms with E-state index in [9.17, 15) is 4.79 Å². The zero-order chi connectivity index (χ0) is 18.5. The summed E-state index contributed by atoms with van der Waals surface area (Å²) in [4.78, 5) is 19.2. The van der Waals surface area contributed by atoms with Crippen LogP contribution in [0.25, 0.3) is 11.3 Å². The monoisotopic (exact) mass is 363 g/mol. The fourth-order valence-electron chi connectivity index (χ4n) is 3.09. The lowest BCUT2D eigenvalue weighted by Crippen LogP contribution is -2.37. The molecule has 4 rings (SSSR count). The van der Waals surface area contributed by atoms with Crippen LogP contribution in [0.4, 0.5) is 5.82 Å². The minimum atomic E-state index is -0.193. The first-order chi connectivity index (χ1) is 13.3. The van der Waals surface area contributed by atoms with Gasteiger partial charge in [-0.3, -0.25) is 9.89 Å². The van der Waals surface area contributed by atoms with Gasteiger partial charge in [-0.25, -0.2) is 4.98 Å². The number of carbonyl (C=O) groups is 1. The van der Waals surface area contributed by atoms with E-state index in [0.717, 1.165) is 35.7 Å². The maximum absolute atomic E-state index is 12.5. The molecule has 138 valence electrons. The molecule has 3 aromatic rings. The zero-order valence-electron chi connectivity index (χ0n) is 14.9. The minimum Gasteiger partial charge on any atom is -0.378 e. The van der Waals surface area contributed by atoms with Crippen molar-refractivity contribution in [3.05, 3.63) is 66.0 Å². The maximum atomic E-state index is 12.5. The average molecular weight is 363 g/mol. The number of aromatic nitrogens is 3. The summed E-state index contributed by atoms with van der Waals surface area (Å²) in [7, 11) is 0. The summed E-state index contributed by atoms with van der Waals surface area (Å²) in [5.74, 6) is 0.706. The summed E-state index contributed by atoms with van der Waals surface area (Å²) in [6.45, 7) is 3.40. The van der Waals surface area contributed by atoms with Crippen LogP contribution in [0.3, 0.4) is 0 Å². The quantitative estimate of drug-likeness (QED) is 0.726. The number of ether oxygens (including phenoxy) is 1. The number of rotatable bonds is 5. The molecule has 0 unspecified atom stereocenters. The van der Waals surface area contributed by atoms with E-state index in [1.54, 1.807) is 12.3 Å². The number of hydrogen-bond acceptors (Lipinski definition) is 5. The molecule has 0 aliphatic carbocycles. The Morgan fingerprint density at radius 1 is 1.15 bits per heavy atom. The van der Waals surface area contributed by atoms with E-state index in [2.05, 4.69) is 25.4 Å². The van der Waals surface area contributed by atoms with E-state index in [0.29, 0.717) is 25.5 Å². The predicted octanol–water partition coefficient (Wildman–Crippen LogP) is 2.24. The minimum absolute atomic E-state index is 0.193. The number of morpholine rings is 1. The molecule has 1 aliphatic heterocycles. The van der Waals surface area contributed by atoms with Gasteiger partial charge < -0.3 is 15.0 Å². The normalized spacial score (nSPS) is 14.1. The Kier molecular flexibility index (Phi) is 5.11. The lowest BCUT2D eigenvalue weighted by Gasteiger charge is -2.29. The first kappa shape index (κ1) is 17.2. The number of amides is 1. The molecule has 0 atom stereocenters. The number of hydrogen-bond donors (Lipinski definition) is 2. The number of nitrogens with zero attached hydrogens (tertiary/aromatic N) is 3. The lowest BCUT2D eigenvalue weighted by atomic mass is 10.1. The van der Waals surface area contributed by atoms with Crippen molar-refractivity contribution in [1.82, 2.24) is 20.5 Å². The molecule has 3 heterocycles. The fourth-order valence-corrected chi connectivity index (χ4v) is 3.09. The van der Waals surface area contributed by atoms with Gasteiger partial charge >= 0.3 is 0 Å². The summed E-state index contributed by atoms with van der Waals surface area (Å²) in [6.07, 6.45) is 1.77. The maximum Gasteiger partial charge on any atom is 0.269 e. The molecule has 1 aromatic carbocycles. The SMILES string of the molecule is O=C(NCc1cccnc1N1CCOCC1)c1cc(-c2ccccc2)n[nH]1. The van der Waals surface area contributed by atoms with Crippen LogP contribution < -0.4 is 10.2 Å². The van der Waals surface area contributed by atoms with Crippen LogP contribution >= 0.6 is 0 Å². The summed E-state index contributed by atoms with van der Waals surface area (Å²) < 4.78 is 5.41. The largest absolute Gasteiger partial charge is 0.378 e. The summed E-state index contributed by atoms with van der Waals surface area (Å²) >= 11 is 0. The number of pyridine rings is 1. The third-order valence-corrected chi connectivity index (χ3v) is 4.51. The van der Waals surface area contributed by atoms with Crippen LogP contribution in [0, 0.1) is 0 Å². The molecule has 2 aromatic heterocycles. The van der Waals surface area contributed by atoms with Gasteiger partial charge in [-0.15, -0.1) is 0 Å². The number of nitrogens with one attached hydrogen (secondary N) is 2. The molecule has 0 saturated carbocycles. The Bertz CT molecular complexity index is 904. The third kappa shape index (κ3) is 3.98. The number of H-pyrrole nitrogens is 1. The Morgan fingerprint density at radius 3 is 2.78 bits per heavy atom. The molecule has 1 fully saturated rings. The van der Waals surface area contributed by atoms with Crippen LogP contribution in [0.5, 0.6) is 0 Å². The molecule has 1 amide bonds. The Balaban J connectivity index is 1.43. The fraction of sp³-hybridized carbons (Fsp3) is 0.250. The van der Waals surface area contributed by atoms with Crippen molar-refractivity contribution < 1.29 is 9.53 Å². The van der Waals surface area contributed by atoms with Crippen LogP contribution in [0.1, 0.15) is 16.1 Å². The summed E-state index contributed by atoms with van der Waals surface area (Å²) in [5.41, 5.74) is 3.13. The van der Waals surface area contributed by atoms with E-state index in [1.165, 1.54) is 0 Å². The first-order valence-corrected chi connectivity index (χ1v) is 8.97. The van der Waals surface area contributed by atoms with E-state index in [4.69, 9.17) is 4.74 Å². The van der Waals surface area contributed by atoms with Crippen LogP contribution in [-0.4, -0.2) is 47.4 Å². The van der Waals surface area contributed by atoms with Crippen molar-refractivity contribution in [2.24, 2.45) is 0 Å². The zero-order valence-corrected chi connectivity index (χ0v) is 14.9. The van der Waals surface area contributed by atoms with Gasteiger partial charge in [-0.2, -0.15) is 5.10 Å². The van der Waals surface area contributed by atoms with Crippen molar-refractivity contribution >= 4 is 11.7 Å². The third-order valence-electron chi connectivity index (χ3n) is 4.51. The van der Waals surface area contributed by atoms with Crippen molar-refractivity contribution in [2.45, 2.75) is 6.54 Å². The van der Waals surface area contributed by atoms with Gasteiger partial charge in [0.05, 0.1) is 18.9 Å². The highest BCUT2D eigenvalue weighted by molar-refractivity contribution is 5.93. The van der Waals surface area contributed by atoms with Crippen LogP contribution in [0.15, 0.2) is 54.7 Å². The van der Waals surface area contributed by atoms with Gasteiger partial charge in [0.15, 0.2) is 0 Å². The van der Waals surface area contributed by atoms with Crippen LogP contribution in [-0.2, 0) is 11.3 Å². The number of benzene rings is 1. The van der Waals surface area contributed by atoms with Crippen molar-refractivity contribution in [3.8, 4) is 11.3 Å². The molecule has 27 heavy (non-hydrogen) atoms. The highest BCUT2D eigenvalue weighted by atomic mass is 16.5. The molecular weight excluding hydrogens is 342 g/mol. The second-order valence-corrected chi connectivity index (χ2v) is 6.30. The second kappa shape index (κ2) is 8.01. The van der Waals surface area contributed by atoms with E-state index in [1.807, 2.05) is 42.5 Å². The van der Waals surface area contributed by atoms with E-state index >= 15 is 0 Å². The number of carbonyl (C=O) groups excluding carboxylic acids is 1. The first-order valence-electron chi connectivity index (χ1n) is 8.97. The van der Waals surface area contributed by atoms with Crippen molar-refractivity contribution in [2.75, 3.05) is 31.2 Å². The molecule has 1 saturated heterocycles. The van der Waals surface area contributed by atoms with Gasteiger partial charge in [0.25, 0.3) is 5.91 Å². The molecule has 7 heteroatoms. The predicted molar refractivity (Wildman–Crippen MR) is 102 cm³/mol. The van der Waals surface area contributed by atoms with Crippen LogP contribution in [0.2, 0.25) is 0 Å². The highest BCUT2D eigenvalue weighted by Gasteiger charge is 2.17. The van der Waals surface area contributed by atoms with Gasteiger partial charge in [-0.1, -0.05) is 36.4 Å². The van der Waals surface area contributed by atoms with Gasteiger partial charge in [0, 0.05) is 37.0 Å². The molecule has 2 N–H and O–H groups in total. The molecule has 0 bridgehead atoms. The van der Waals surface area contributed by atoms with E-state index < -0.39 is 0 Å². The number of aromatic amines is 1. The average Bonchev–Trinajstić information content (AvgIpc) is 3.24.